The molecule has 0 saturated heterocycles. The lowest BCUT2D eigenvalue weighted by molar-refractivity contribution is 0.1000. The highest BCUT2D eigenvalue weighted by molar-refractivity contribution is 5.96. The number of carbonyl (C=O) groups is 1. The number of rotatable bonds is 5. The zero-order chi connectivity index (χ0) is 15.4. The molecular formula is C15H19N5O. The fraction of sp³-hybridized carbons (Fsp3) is 0.267. The van der Waals surface area contributed by atoms with Gasteiger partial charge in [-0.05, 0) is 38.5 Å². The Morgan fingerprint density at radius 1 is 1.33 bits per heavy atom. The molecule has 0 fully saturated rings. The predicted molar refractivity (Wildman–Crippen MR) is 83.9 cm³/mol. The molecule has 110 valence electrons. The van der Waals surface area contributed by atoms with Crippen LogP contribution in [0.5, 0.6) is 0 Å². The minimum absolute atomic E-state index is 0.441. The van der Waals surface area contributed by atoms with Crippen LogP contribution in [0.1, 0.15) is 28.4 Å². The molecule has 0 unspecified atom stereocenters. The lowest BCUT2D eigenvalue weighted by Crippen LogP contribution is -2.13. The number of aromatic nitrogens is 2. The number of benzene rings is 1. The number of nitrogens with one attached hydrogen (secondary N) is 2. The first-order valence-electron chi connectivity index (χ1n) is 6.77. The van der Waals surface area contributed by atoms with Gasteiger partial charge in [0.15, 0.2) is 0 Å². The molecule has 4 N–H and O–H groups in total. The molecule has 21 heavy (non-hydrogen) atoms. The summed E-state index contributed by atoms with van der Waals surface area (Å²) >= 11 is 0. The van der Waals surface area contributed by atoms with Crippen molar-refractivity contribution in [1.29, 1.82) is 0 Å². The summed E-state index contributed by atoms with van der Waals surface area (Å²) < 4.78 is 0. The number of aryl methyl sites for hydroxylation is 1. The second kappa shape index (κ2) is 6.21. The first-order valence-corrected chi connectivity index (χ1v) is 6.77. The molecule has 2 aromatic rings. The zero-order valence-corrected chi connectivity index (χ0v) is 12.4. The first kappa shape index (κ1) is 14.8. The van der Waals surface area contributed by atoms with Crippen LogP contribution in [0.2, 0.25) is 0 Å². The molecule has 0 saturated carbocycles. The van der Waals surface area contributed by atoms with Crippen LogP contribution in [0.3, 0.4) is 0 Å². The highest BCUT2D eigenvalue weighted by Gasteiger charge is 2.10. The van der Waals surface area contributed by atoms with Crippen LogP contribution in [0.15, 0.2) is 24.4 Å². The second-order valence-corrected chi connectivity index (χ2v) is 4.72. The summed E-state index contributed by atoms with van der Waals surface area (Å²) in [5.41, 5.74) is 8.38. The maximum absolute atomic E-state index is 11.4. The molecule has 0 spiro atoms. The van der Waals surface area contributed by atoms with Gasteiger partial charge in [-0.1, -0.05) is 6.07 Å². The van der Waals surface area contributed by atoms with Gasteiger partial charge in [-0.25, -0.2) is 4.98 Å². The van der Waals surface area contributed by atoms with Gasteiger partial charge < -0.3 is 16.4 Å². The van der Waals surface area contributed by atoms with Crippen molar-refractivity contribution in [3.8, 4) is 0 Å². The molecule has 0 radical (unpaired) electrons. The highest BCUT2D eigenvalue weighted by atomic mass is 16.1. The Kier molecular flexibility index (Phi) is 4.37. The highest BCUT2D eigenvalue weighted by Crippen LogP contribution is 2.24. The molecule has 0 aliphatic heterocycles. The van der Waals surface area contributed by atoms with E-state index in [0.29, 0.717) is 17.3 Å². The van der Waals surface area contributed by atoms with Gasteiger partial charge in [0.2, 0.25) is 11.9 Å². The summed E-state index contributed by atoms with van der Waals surface area (Å²) in [6.07, 6.45) is 1.75. The molecule has 0 aliphatic carbocycles. The molecule has 1 aromatic carbocycles. The molecule has 0 atom stereocenters. The largest absolute Gasteiger partial charge is 0.366 e. The Hall–Kier alpha value is -2.63. The van der Waals surface area contributed by atoms with E-state index in [0.717, 1.165) is 23.4 Å². The molecule has 0 bridgehead atoms. The summed E-state index contributed by atoms with van der Waals surface area (Å²) in [5.74, 6) is 0.823. The fourth-order valence-corrected chi connectivity index (χ4v) is 1.98. The number of primary amides is 1. The smallest absolute Gasteiger partial charge is 0.249 e. The Bertz CT molecular complexity index is 669. The third-order valence-corrected chi connectivity index (χ3v) is 3.16. The van der Waals surface area contributed by atoms with Crippen LogP contribution < -0.4 is 16.4 Å². The van der Waals surface area contributed by atoms with E-state index in [9.17, 15) is 4.79 Å². The number of amides is 1. The lowest BCUT2D eigenvalue weighted by atomic mass is 10.1. The molecular weight excluding hydrogens is 266 g/mol. The number of nitrogens with two attached hydrogens (primary N) is 1. The minimum atomic E-state index is -0.441. The van der Waals surface area contributed by atoms with Crippen molar-refractivity contribution in [2.45, 2.75) is 20.8 Å². The number of hydrogen-bond acceptors (Lipinski definition) is 5. The van der Waals surface area contributed by atoms with Crippen molar-refractivity contribution in [1.82, 2.24) is 9.97 Å². The fourth-order valence-electron chi connectivity index (χ4n) is 1.98. The normalized spacial score (nSPS) is 10.2. The topological polar surface area (TPSA) is 92.9 Å². The summed E-state index contributed by atoms with van der Waals surface area (Å²) in [5, 5.41) is 6.30. The van der Waals surface area contributed by atoms with Crippen LogP contribution in [-0.2, 0) is 0 Å². The third-order valence-electron chi connectivity index (χ3n) is 3.16. The van der Waals surface area contributed by atoms with Crippen molar-refractivity contribution in [2.75, 3.05) is 17.2 Å². The van der Waals surface area contributed by atoms with Gasteiger partial charge in [0.05, 0.1) is 0 Å². The van der Waals surface area contributed by atoms with Gasteiger partial charge in [0, 0.05) is 29.6 Å². The monoisotopic (exact) mass is 285 g/mol. The Morgan fingerprint density at radius 3 is 2.76 bits per heavy atom. The van der Waals surface area contributed by atoms with Crippen molar-refractivity contribution in [3.05, 3.63) is 41.1 Å². The van der Waals surface area contributed by atoms with E-state index in [1.54, 1.807) is 18.3 Å². The summed E-state index contributed by atoms with van der Waals surface area (Å²) in [7, 11) is 0. The van der Waals surface area contributed by atoms with E-state index < -0.39 is 5.91 Å². The zero-order valence-electron chi connectivity index (χ0n) is 12.4. The van der Waals surface area contributed by atoms with Gasteiger partial charge in [-0.15, -0.1) is 0 Å². The maximum Gasteiger partial charge on any atom is 0.249 e. The van der Waals surface area contributed by atoms with E-state index >= 15 is 0 Å². The van der Waals surface area contributed by atoms with Crippen molar-refractivity contribution in [3.63, 3.8) is 0 Å². The van der Waals surface area contributed by atoms with Crippen LogP contribution in [-0.4, -0.2) is 22.4 Å². The van der Waals surface area contributed by atoms with E-state index in [1.165, 1.54) is 0 Å². The number of hydrogen-bond donors (Lipinski definition) is 3. The first-order chi connectivity index (χ1) is 10.0. The lowest BCUT2D eigenvalue weighted by Gasteiger charge is -2.13. The standard InChI is InChI=1S/C15H19N5O/c1-4-17-15-18-8-9(2)14(20-15)19-12-7-5-6-11(10(12)3)13(16)21/h5-8H,4H2,1-3H3,(H2,16,21)(H2,17,18,19,20). The van der Waals surface area contributed by atoms with Crippen LogP contribution >= 0.6 is 0 Å². The van der Waals surface area contributed by atoms with E-state index in [4.69, 9.17) is 5.73 Å². The molecule has 1 aromatic heterocycles. The van der Waals surface area contributed by atoms with Gasteiger partial charge in [-0.3, -0.25) is 4.79 Å². The summed E-state index contributed by atoms with van der Waals surface area (Å²) in [6.45, 7) is 6.50. The third kappa shape index (κ3) is 3.28. The van der Waals surface area contributed by atoms with Gasteiger partial charge in [-0.2, -0.15) is 4.98 Å². The van der Waals surface area contributed by atoms with Crippen LogP contribution in [0.25, 0.3) is 0 Å². The average molecular weight is 285 g/mol. The quantitative estimate of drug-likeness (QED) is 0.784. The molecule has 0 aliphatic rings. The van der Waals surface area contributed by atoms with Gasteiger partial charge in [0.1, 0.15) is 5.82 Å². The Balaban J connectivity index is 2.36. The van der Waals surface area contributed by atoms with Gasteiger partial charge >= 0.3 is 0 Å². The SMILES string of the molecule is CCNc1ncc(C)c(Nc2cccc(C(N)=O)c2C)n1. The van der Waals surface area contributed by atoms with Crippen molar-refractivity contribution in [2.24, 2.45) is 5.73 Å². The number of nitrogens with zero attached hydrogens (tertiary/aromatic N) is 2. The number of carbonyl (C=O) groups excluding carboxylic acids is 1. The summed E-state index contributed by atoms with van der Waals surface area (Å²) in [4.78, 5) is 20.0. The molecule has 1 amide bonds. The Labute approximate surface area is 123 Å². The number of anilines is 3. The van der Waals surface area contributed by atoms with E-state index in [1.807, 2.05) is 26.8 Å². The Morgan fingerprint density at radius 2 is 2.10 bits per heavy atom. The van der Waals surface area contributed by atoms with E-state index in [-0.39, 0.29) is 0 Å². The molecule has 6 nitrogen and oxygen atoms in total. The predicted octanol–water partition coefficient (Wildman–Crippen LogP) is 2.37. The second-order valence-electron chi connectivity index (χ2n) is 4.72. The van der Waals surface area contributed by atoms with E-state index in [2.05, 4.69) is 20.6 Å². The van der Waals surface area contributed by atoms with Crippen molar-refractivity contribution < 1.29 is 4.79 Å². The average Bonchev–Trinajstić information content (AvgIpc) is 2.44. The molecule has 2 rings (SSSR count). The van der Waals surface area contributed by atoms with Crippen molar-refractivity contribution >= 4 is 23.4 Å². The van der Waals surface area contributed by atoms with Crippen LogP contribution in [0, 0.1) is 13.8 Å². The molecule has 6 heteroatoms. The van der Waals surface area contributed by atoms with Crippen LogP contribution in [0.4, 0.5) is 17.5 Å². The van der Waals surface area contributed by atoms with Gasteiger partial charge in [0.25, 0.3) is 0 Å². The maximum atomic E-state index is 11.4. The minimum Gasteiger partial charge on any atom is -0.366 e. The summed E-state index contributed by atoms with van der Waals surface area (Å²) in [6, 6.07) is 5.38. The molecule has 1 heterocycles.